The van der Waals surface area contributed by atoms with Gasteiger partial charge in [0, 0.05) is 0 Å². The zero-order chi connectivity index (χ0) is 20.0. The van der Waals surface area contributed by atoms with Gasteiger partial charge in [0.25, 0.3) is 6.47 Å². The summed E-state index contributed by atoms with van der Waals surface area (Å²) in [6, 6.07) is 4.49. The minimum absolute atomic E-state index is 0.425. The van der Waals surface area contributed by atoms with Crippen LogP contribution >= 0.6 is 0 Å². The van der Waals surface area contributed by atoms with Crippen LogP contribution in [0.15, 0.2) is 12.1 Å². The molecule has 0 unspecified atom stereocenters. The lowest BCUT2D eigenvalue weighted by Gasteiger charge is -2.22. The molecule has 0 bridgehead atoms. The highest BCUT2D eigenvalue weighted by Crippen LogP contribution is 2.26. The molecule has 4 nitrogen and oxygen atoms in total. The summed E-state index contributed by atoms with van der Waals surface area (Å²) in [4.78, 5) is 21.8. The Labute approximate surface area is 158 Å². The van der Waals surface area contributed by atoms with Gasteiger partial charge in [-0.15, -0.1) is 0 Å². The number of rotatable bonds is 11. The minimum Gasteiger partial charge on any atom is -0.481 e. The predicted molar refractivity (Wildman–Crippen MR) is 104 cm³/mol. The molecule has 0 heterocycles. The Balaban J connectivity index is 2.70. The molecule has 0 aromatic heterocycles. The second-order valence-corrected chi connectivity index (χ2v) is 8.58. The molecule has 0 spiro atoms. The third-order valence-electron chi connectivity index (χ3n) is 5.21. The van der Waals surface area contributed by atoms with Gasteiger partial charge < -0.3 is 9.84 Å². The Bertz CT molecular complexity index is 629. The van der Waals surface area contributed by atoms with Gasteiger partial charge in [-0.3, -0.25) is 9.59 Å². The molecule has 0 amide bonds. The van der Waals surface area contributed by atoms with Gasteiger partial charge in [-0.05, 0) is 102 Å². The maximum absolute atomic E-state index is 11.2. The van der Waals surface area contributed by atoms with E-state index in [2.05, 4.69) is 26.0 Å². The number of ether oxygens (including phenoxy) is 1. The average Bonchev–Trinajstić information content (AvgIpc) is 2.50. The fourth-order valence-electron chi connectivity index (χ4n) is 3.21. The first-order chi connectivity index (χ1) is 12.0. The van der Waals surface area contributed by atoms with Gasteiger partial charge in [0.2, 0.25) is 0 Å². The number of carbonyl (C=O) groups is 2. The van der Waals surface area contributed by atoms with Gasteiger partial charge >= 0.3 is 5.97 Å². The Hall–Kier alpha value is -1.84. The van der Waals surface area contributed by atoms with E-state index in [-0.39, 0.29) is 0 Å². The van der Waals surface area contributed by atoms with Crippen molar-refractivity contribution in [1.82, 2.24) is 0 Å². The molecule has 0 radical (unpaired) electrons. The number of carboxylic acids is 1. The van der Waals surface area contributed by atoms with Crippen LogP contribution in [0.1, 0.15) is 75.6 Å². The number of hydrogen-bond donors (Lipinski definition) is 1. The van der Waals surface area contributed by atoms with Crippen LogP contribution in [0.25, 0.3) is 0 Å². The summed E-state index contributed by atoms with van der Waals surface area (Å²) < 4.78 is 5.12. The van der Waals surface area contributed by atoms with E-state index in [1.54, 1.807) is 13.8 Å². The Morgan fingerprint density at radius 1 is 1.00 bits per heavy atom. The summed E-state index contributed by atoms with van der Waals surface area (Å²) in [5, 5.41) is 9.24. The van der Waals surface area contributed by atoms with Gasteiger partial charge in [-0.2, -0.15) is 0 Å². The molecular weight excluding hydrogens is 328 g/mol. The SMILES string of the molecule is Cc1cc(C)c(CCCC(C)(C)C(=O)O)cc1CCCC(C)(C)OC=O. The van der Waals surface area contributed by atoms with Gasteiger partial charge in [-0.25, -0.2) is 0 Å². The van der Waals surface area contributed by atoms with E-state index in [0.717, 1.165) is 32.1 Å². The summed E-state index contributed by atoms with van der Waals surface area (Å²) in [5.41, 5.74) is 4.08. The normalized spacial score (nSPS) is 12.1. The topological polar surface area (TPSA) is 63.6 Å². The standard InChI is InChI=1S/C22H34O4/c1-16-13-17(2)19(10-8-12-22(5,6)26-15-23)14-18(16)9-7-11-21(3,4)20(24)25/h13-15H,7-12H2,1-6H3,(H,24,25). The van der Waals surface area contributed by atoms with Crippen LogP contribution in [0.2, 0.25) is 0 Å². The van der Waals surface area contributed by atoms with Crippen molar-refractivity contribution >= 4 is 12.4 Å². The van der Waals surface area contributed by atoms with E-state index in [0.29, 0.717) is 12.9 Å². The molecule has 0 aliphatic carbocycles. The van der Waals surface area contributed by atoms with E-state index in [1.807, 2.05) is 13.8 Å². The molecular formula is C22H34O4. The highest BCUT2D eigenvalue weighted by Gasteiger charge is 2.26. The van der Waals surface area contributed by atoms with Crippen LogP contribution in [0.5, 0.6) is 0 Å². The number of hydrogen-bond acceptors (Lipinski definition) is 3. The quantitative estimate of drug-likeness (QED) is 0.562. The minimum atomic E-state index is -0.737. The Morgan fingerprint density at radius 3 is 1.96 bits per heavy atom. The molecule has 1 aromatic carbocycles. The van der Waals surface area contributed by atoms with Crippen molar-refractivity contribution in [2.45, 2.75) is 85.7 Å². The molecule has 0 saturated carbocycles. The molecule has 146 valence electrons. The molecule has 1 N–H and O–H groups in total. The first kappa shape index (κ1) is 22.2. The van der Waals surface area contributed by atoms with E-state index in [4.69, 9.17) is 4.74 Å². The van der Waals surface area contributed by atoms with Gasteiger partial charge in [0.05, 0.1) is 5.41 Å². The Kier molecular flexibility index (Phi) is 7.86. The molecule has 26 heavy (non-hydrogen) atoms. The van der Waals surface area contributed by atoms with Crippen LogP contribution in [-0.4, -0.2) is 23.1 Å². The van der Waals surface area contributed by atoms with Gasteiger partial charge in [0.1, 0.15) is 5.60 Å². The monoisotopic (exact) mass is 362 g/mol. The second kappa shape index (κ2) is 9.20. The molecule has 0 aliphatic rings. The smallest absolute Gasteiger partial charge is 0.309 e. The van der Waals surface area contributed by atoms with Crippen molar-refractivity contribution in [2.75, 3.05) is 0 Å². The summed E-state index contributed by atoms with van der Waals surface area (Å²) >= 11 is 0. The summed E-state index contributed by atoms with van der Waals surface area (Å²) in [7, 11) is 0. The van der Waals surface area contributed by atoms with Crippen LogP contribution in [0, 0.1) is 19.3 Å². The first-order valence-electron chi connectivity index (χ1n) is 9.42. The van der Waals surface area contributed by atoms with Crippen LogP contribution < -0.4 is 0 Å². The highest BCUT2D eigenvalue weighted by atomic mass is 16.5. The van der Waals surface area contributed by atoms with Crippen molar-refractivity contribution in [1.29, 1.82) is 0 Å². The maximum atomic E-state index is 11.2. The summed E-state index contributed by atoms with van der Waals surface area (Å²) in [6.45, 7) is 12.2. The van der Waals surface area contributed by atoms with Crippen LogP contribution in [-0.2, 0) is 27.2 Å². The van der Waals surface area contributed by atoms with E-state index in [1.165, 1.54) is 22.3 Å². The molecule has 0 aliphatic heterocycles. The van der Waals surface area contributed by atoms with Crippen molar-refractivity contribution in [3.05, 3.63) is 34.4 Å². The van der Waals surface area contributed by atoms with Gasteiger partial charge in [-0.1, -0.05) is 12.1 Å². The number of aliphatic carboxylic acids is 1. The second-order valence-electron chi connectivity index (χ2n) is 8.58. The first-order valence-corrected chi connectivity index (χ1v) is 9.42. The third kappa shape index (κ3) is 6.81. The van der Waals surface area contributed by atoms with Crippen molar-refractivity contribution in [3.63, 3.8) is 0 Å². The van der Waals surface area contributed by atoms with Crippen LogP contribution in [0.3, 0.4) is 0 Å². The van der Waals surface area contributed by atoms with E-state index in [9.17, 15) is 14.7 Å². The van der Waals surface area contributed by atoms with Crippen molar-refractivity contribution in [2.24, 2.45) is 5.41 Å². The van der Waals surface area contributed by atoms with Crippen LogP contribution in [0.4, 0.5) is 0 Å². The fraction of sp³-hybridized carbons (Fsp3) is 0.636. The molecule has 0 fully saturated rings. The van der Waals surface area contributed by atoms with E-state index < -0.39 is 17.0 Å². The lowest BCUT2D eigenvalue weighted by atomic mass is 9.85. The third-order valence-corrected chi connectivity index (χ3v) is 5.21. The lowest BCUT2D eigenvalue weighted by Crippen LogP contribution is -2.23. The van der Waals surface area contributed by atoms with Gasteiger partial charge in [0.15, 0.2) is 0 Å². The molecule has 1 rings (SSSR count). The molecule has 1 aromatic rings. The zero-order valence-corrected chi connectivity index (χ0v) is 17.1. The van der Waals surface area contributed by atoms with Crippen molar-refractivity contribution in [3.8, 4) is 0 Å². The molecule has 0 saturated heterocycles. The molecule has 4 heteroatoms. The number of benzene rings is 1. The zero-order valence-electron chi connectivity index (χ0n) is 17.1. The predicted octanol–water partition coefficient (Wildman–Crippen LogP) is 5.01. The number of carboxylic acid groups (broad SMARTS) is 1. The summed E-state index contributed by atoms with van der Waals surface area (Å²) in [6.07, 6.45) is 5.16. The lowest BCUT2D eigenvalue weighted by molar-refractivity contribution is -0.147. The number of carbonyl (C=O) groups excluding carboxylic acids is 1. The summed E-state index contributed by atoms with van der Waals surface area (Å²) in [5.74, 6) is -0.737. The van der Waals surface area contributed by atoms with E-state index >= 15 is 0 Å². The number of aryl methyl sites for hydroxylation is 4. The van der Waals surface area contributed by atoms with Crippen molar-refractivity contribution < 1.29 is 19.4 Å². The Morgan fingerprint density at radius 2 is 1.50 bits per heavy atom. The maximum Gasteiger partial charge on any atom is 0.309 e. The fourth-order valence-corrected chi connectivity index (χ4v) is 3.21. The largest absolute Gasteiger partial charge is 0.481 e. The molecule has 0 atom stereocenters. The average molecular weight is 363 g/mol. The highest BCUT2D eigenvalue weighted by molar-refractivity contribution is 5.73.